The van der Waals surface area contributed by atoms with Crippen LogP contribution in [0.5, 0.6) is 17.2 Å². The first kappa shape index (κ1) is 32.4. The average Bonchev–Trinajstić information content (AvgIpc) is 3.11. The lowest BCUT2D eigenvalue weighted by atomic mass is 9.84. The van der Waals surface area contributed by atoms with Gasteiger partial charge in [-0.25, -0.2) is 4.79 Å². The number of aliphatic hydroxyl groups is 1. The maximum atomic E-state index is 13.2. The molecule has 2 heterocycles. The van der Waals surface area contributed by atoms with Gasteiger partial charge >= 0.3 is 6.09 Å². The van der Waals surface area contributed by atoms with Crippen LogP contribution in [-0.4, -0.2) is 74.8 Å². The van der Waals surface area contributed by atoms with Gasteiger partial charge in [-0.15, -0.1) is 0 Å². The third-order valence-electron chi connectivity index (χ3n) is 8.55. The highest BCUT2D eigenvalue weighted by Crippen LogP contribution is 2.36. The van der Waals surface area contributed by atoms with E-state index < -0.39 is 18.3 Å². The van der Waals surface area contributed by atoms with E-state index in [0.717, 1.165) is 53.4 Å². The molecule has 0 aromatic heterocycles. The van der Waals surface area contributed by atoms with Gasteiger partial charge in [0.25, 0.3) is 0 Å². The minimum atomic E-state index is -0.868. The molecule has 47 heavy (non-hydrogen) atoms. The molecule has 2 aliphatic rings. The number of β-amino-alcohol motifs (C(OH)–C–C–N with tert-alkyl or cyclic N) is 1. The van der Waals surface area contributed by atoms with Crippen LogP contribution in [0.2, 0.25) is 0 Å². The van der Waals surface area contributed by atoms with Gasteiger partial charge in [0.1, 0.15) is 30.5 Å². The van der Waals surface area contributed by atoms with Crippen molar-refractivity contribution in [3.8, 4) is 17.2 Å². The van der Waals surface area contributed by atoms with Crippen molar-refractivity contribution in [2.45, 2.75) is 37.8 Å². The third-order valence-corrected chi connectivity index (χ3v) is 8.55. The number of piperidine rings is 1. The maximum Gasteiger partial charge on any atom is 0.410 e. The van der Waals surface area contributed by atoms with Gasteiger partial charge in [0.05, 0.1) is 44.1 Å². The van der Waals surface area contributed by atoms with Gasteiger partial charge < -0.3 is 38.6 Å². The zero-order valence-electron chi connectivity index (χ0n) is 26.7. The van der Waals surface area contributed by atoms with Crippen molar-refractivity contribution >= 4 is 11.8 Å². The summed E-state index contributed by atoms with van der Waals surface area (Å²) < 4.78 is 29.4. The molecule has 1 amide bonds. The van der Waals surface area contributed by atoms with Gasteiger partial charge in [-0.2, -0.15) is 0 Å². The number of methoxy groups -OCH3 is 1. The van der Waals surface area contributed by atoms with E-state index in [0.29, 0.717) is 25.6 Å². The van der Waals surface area contributed by atoms with Crippen LogP contribution in [0.25, 0.3) is 0 Å². The quantitative estimate of drug-likeness (QED) is 0.179. The number of rotatable bonds is 12. The fourth-order valence-corrected chi connectivity index (χ4v) is 6.17. The summed E-state index contributed by atoms with van der Waals surface area (Å²) >= 11 is 0. The summed E-state index contributed by atoms with van der Waals surface area (Å²) in [5, 5.41) is 11.5. The first-order chi connectivity index (χ1) is 23.1. The molecule has 246 valence electrons. The SMILES string of the molecule is COCCCN1CCOc2ccc(COC3CN(C(=O)OCc4ccccc4)CC(O)C3c3ccc(Oc4ccccc4)cc3)cc21. The Morgan fingerprint density at radius 2 is 1.62 bits per heavy atom. The molecule has 1 N–H and O–H groups in total. The minimum absolute atomic E-state index is 0.132. The first-order valence-corrected chi connectivity index (χ1v) is 16.1. The first-order valence-electron chi connectivity index (χ1n) is 16.1. The van der Waals surface area contributed by atoms with Crippen LogP contribution in [-0.2, 0) is 27.4 Å². The van der Waals surface area contributed by atoms with Gasteiger partial charge in [0.15, 0.2) is 0 Å². The number of carbonyl (C=O) groups is 1. The molecule has 9 nitrogen and oxygen atoms in total. The monoisotopic (exact) mass is 638 g/mol. The van der Waals surface area contributed by atoms with Crippen LogP contribution in [0.1, 0.15) is 29.0 Å². The number of carbonyl (C=O) groups excluding carboxylic acids is 1. The molecule has 4 aromatic rings. The van der Waals surface area contributed by atoms with Gasteiger partial charge in [-0.3, -0.25) is 0 Å². The molecule has 0 radical (unpaired) electrons. The molecule has 0 spiro atoms. The fraction of sp³-hybridized carbons (Fsp3) is 0.342. The third kappa shape index (κ3) is 8.43. The number of benzene rings is 4. The summed E-state index contributed by atoms with van der Waals surface area (Å²) in [4.78, 5) is 17.1. The van der Waals surface area contributed by atoms with E-state index in [1.807, 2.05) is 97.1 Å². The topological polar surface area (TPSA) is 89.9 Å². The van der Waals surface area contributed by atoms with Gasteiger partial charge in [0, 0.05) is 26.2 Å². The van der Waals surface area contributed by atoms with E-state index in [1.54, 1.807) is 12.0 Å². The second-order valence-electron chi connectivity index (χ2n) is 11.9. The van der Waals surface area contributed by atoms with Crippen molar-refractivity contribution in [3.63, 3.8) is 0 Å². The average molecular weight is 639 g/mol. The van der Waals surface area contributed by atoms with E-state index in [4.69, 9.17) is 23.7 Å². The summed E-state index contributed by atoms with van der Waals surface area (Å²) in [7, 11) is 1.72. The predicted octanol–water partition coefficient (Wildman–Crippen LogP) is 6.40. The van der Waals surface area contributed by atoms with E-state index in [-0.39, 0.29) is 25.6 Å². The molecule has 1 fully saturated rings. The molecule has 4 aromatic carbocycles. The Balaban J connectivity index is 1.18. The van der Waals surface area contributed by atoms with Crippen molar-refractivity contribution < 1.29 is 33.6 Å². The predicted molar refractivity (Wildman–Crippen MR) is 179 cm³/mol. The van der Waals surface area contributed by atoms with Crippen molar-refractivity contribution in [3.05, 3.63) is 120 Å². The van der Waals surface area contributed by atoms with Crippen molar-refractivity contribution in [2.24, 2.45) is 0 Å². The van der Waals surface area contributed by atoms with Crippen molar-refractivity contribution in [1.82, 2.24) is 4.90 Å². The minimum Gasteiger partial charge on any atom is -0.490 e. The smallest absolute Gasteiger partial charge is 0.410 e. The highest BCUT2D eigenvalue weighted by atomic mass is 16.6. The standard InChI is InChI=1S/C38H42N2O7/c1-43-21-8-19-39-20-22-44-35-18-13-29(23-33(35)39)27-45-36-25-40(38(42)46-26-28-9-4-2-5-10-28)24-34(41)37(36)30-14-16-32(17-15-30)47-31-11-6-3-7-12-31/h2-7,9-18,23,34,36-37,41H,8,19-22,24-27H2,1H3. The van der Waals surface area contributed by atoms with E-state index in [2.05, 4.69) is 11.0 Å². The fourth-order valence-electron chi connectivity index (χ4n) is 6.17. The Morgan fingerprint density at radius 1 is 0.872 bits per heavy atom. The summed E-state index contributed by atoms with van der Waals surface area (Å²) in [6, 6.07) is 33.0. The highest BCUT2D eigenvalue weighted by Gasteiger charge is 2.40. The Morgan fingerprint density at radius 3 is 2.38 bits per heavy atom. The summed E-state index contributed by atoms with van der Waals surface area (Å²) in [6.07, 6.45) is -0.922. The maximum absolute atomic E-state index is 13.2. The van der Waals surface area contributed by atoms with E-state index in [9.17, 15) is 9.90 Å². The van der Waals surface area contributed by atoms with Crippen LogP contribution in [0.4, 0.5) is 10.5 Å². The molecule has 3 atom stereocenters. The number of aliphatic hydroxyl groups excluding tert-OH is 1. The van der Waals surface area contributed by atoms with Gasteiger partial charge in [-0.1, -0.05) is 66.7 Å². The number of amides is 1. The van der Waals surface area contributed by atoms with Crippen LogP contribution in [0.3, 0.4) is 0 Å². The van der Waals surface area contributed by atoms with Crippen molar-refractivity contribution in [1.29, 1.82) is 0 Å². The Kier molecular flexibility index (Phi) is 10.9. The second kappa shape index (κ2) is 15.8. The Hall–Kier alpha value is -4.57. The molecule has 0 saturated carbocycles. The molecule has 0 bridgehead atoms. The zero-order valence-corrected chi connectivity index (χ0v) is 26.7. The molecular weight excluding hydrogens is 596 g/mol. The summed E-state index contributed by atoms with van der Waals surface area (Å²) in [6.45, 7) is 3.88. The van der Waals surface area contributed by atoms with Crippen LogP contribution < -0.4 is 14.4 Å². The lowest BCUT2D eigenvalue weighted by molar-refractivity contribution is -0.0692. The molecular formula is C38H42N2O7. The van der Waals surface area contributed by atoms with Crippen LogP contribution in [0.15, 0.2) is 103 Å². The lowest BCUT2D eigenvalue weighted by Crippen LogP contribution is -2.53. The Bertz CT molecular complexity index is 1570. The van der Waals surface area contributed by atoms with E-state index in [1.165, 1.54) is 0 Å². The van der Waals surface area contributed by atoms with E-state index >= 15 is 0 Å². The second-order valence-corrected chi connectivity index (χ2v) is 11.9. The molecule has 6 rings (SSSR count). The molecule has 2 aliphatic heterocycles. The molecule has 9 heteroatoms. The lowest BCUT2D eigenvalue weighted by Gasteiger charge is -2.41. The summed E-state index contributed by atoms with van der Waals surface area (Å²) in [5.41, 5.74) is 3.82. The number of hydrogen-bond donors (Lipinski definition) is 1. The molecule has 1 saturated heterocycles. The zero-order chi connectivity index (χ0) is 32.4. The van der Waals surface area contributed by atoms with Crippen molar-refractivity contribution in [2.75, 3.05) is 51.4 Å². The van der Waals surface area contributed by atoms with Crippen LogP contribution in [0, 0.1) is 0 Å². The number of anilines is 1. The normalized spacial score (nSPS) is 19.1. The number of fused-ring (bicyclic) bond motifs is 1. The van der Waals surface area contributed by atoms with Gasteiger partial charge in [0.2, 0.25) is 0 Å². The number of nitrogens with zero attached hydrogens (tertiary/aromatic N) is 2. The molecule has 0 aliphatic carbocycles. The number of ether oxygens (including phenoxy) is 5. The number of para-hydroxylation sites is 1. The number of hydrogen-bond acceptors (Lipinski definition) is 8. The number of likely N-dealkylation sites (tertiary alicyclic amines) is 1. The molecule has 3 unspecified atom stereocenters. The Labute approximate surface area is 276 Å². The largest absolute Gasteiger partial charge is 0.490 e. The van der Waals surface area contributed by atoms with Gasteiger partial charge in [-0.05, 0) is 59.5 Å². The highest BCUT2D eigenvalue weighted by molar-refractivity contribution is 5.68. The summed E-state index contributed by atoms with van der Waals surface area (Å²) in [5.74, 6) is 1.93. The van der Waals surface area contributed by atoms with Crippen LogP contribution >= 0.6 is 0 Å².